The first-order chi connectivity index (χ1) is 61.0. The number of aromatic hydroxyl groups is 1. The number of carbonyl (C=O) groups is 18. The monoisotopic (exact) mass is 1800 g/mol. The second kappa shape index (κ2) is 46.6. The first kappa shape index (κ1) is 99.0. The number of phenolic OH excluding ortho intramolecular Hbond substituents is 1. The fourth-order valence-electron chi connectivity index (χ4n) is 16.3. The van der Waals surface area contributed by atoms with Gasteiger partial charge in [-0.15, -0.1) is 11.8 Å². The molecule has 4 saturated heterocycles. The number of thioether (sulfide) groups is 1. The summed E-state index contributed by atoms with van der Waals surface area (Å²) in [6.45, 7) is 2.47. The molecular weight excluding hydrogens is 1680 g/mol. The molecular formula is C85H117N21O21S. The van der Waals surface area contributed by atoms with Crippen LogP contribution in [0.15, 0.2) is 85.2 Å². The summed E-state index contributed by atoms with van der Waals surface area (Å²) < 4.78 is 0. The molecule has 3 aromatic carbocycles. The molecule has 15 unspecified atom stereocenters. The van der Waals surface area contributed by atoms with Gasteiger partial charge < -0.3 is 126 Å². The molecule has 5 aromatic rings. The number of primary amides is 2. The first-order valence-electron chi connectivity index (χ1n) is 42.8. The number of unbranched alkanes of at least 4 members (excludes halogenated alkanes) is 1. The van der Waals surface area contributed by atoms with Gasteiger partial charge in [0.2, 0.25) is 100 Å². The van der Waals surface area contributed by atoms with Crippen molar-refractivity contribution in [3.8, 4) is 5.75 Å². The summed E-state index contributed by atoms with van der Waals surface area (Å²) in [5.41, 5.74) is 26.1. The van der Waals surface area contributed by atoms with Crippen molar-refractivity contribution >= 4 is 140 Å². The predicted octanol–water partition coefficient (Wildman–Crippen LogP) is -4.25. The zero-order valence-electron chi connectivity index (χ0n) is 72.1. The lowest BCUT2D eigenvalue weighted by molar-refractivity contribution is -0.149. The Morgan fingerprint density at radius 2 is 1.04 bits per heavy atom. The van der Waals surface area contributed by atoms with Gasteiger partial charge >= 0.3 is 5.97 Å². The molecule has 0 bridgehead atoms. The van der Waals surface area contributed by atoms with Gasteiger partial charge in [0.05, 0.1) is 24.8 Å². The summed E-state index contributed by atoms with van der Waals surface area (Å²) in [6, 6.07) is -1.93. The van der Waals surface area contributed by atoms with Crippen molar-refractivity contribution in [2.75, 3.05) is 64.9 Å². The van der Waals surface area contributed by atoms with Crippen LogP contribution in [-0.2, 0) is 106 Å². The van der Waals surface area contributed by atoms with E-state index < -0.39 is 254 Å². The smallest absolute Gasteiger partial charge is 0.303 e. The number of carbonyl (C=O) groups excluding carboxylic acids is 17. The Balaban J connectivity index is 1.07. The van der Waals surface area contributed by atoms with Crippen LogP contribution in [0.25, 0.3) is 21.8 Å². The molecule has 6 heterocycles. The maximum absolute atomic E-state index is 15.6. The quantitative estimate of drug-likeness (QED) is 0.0312. The highest BCUT2D eigenvalue weighted by Gasteiger charge is 2.47. The summed E-state index contributed by atoms with van der Waals surface area (Å²) in [5, 5.41) is 58.7. The molecule has 0 saturated carbocycles. The highest BCUT2D eigenvalue weighted by molar-refractivity contribution is 8.00. The SMILES string of the molecule is CCCCC1C(=O)N(C)C(CCC)C(=O)NC(C)C(=O)NC(C(=O)NCC(N)=O)CSCC(=O)NC(Cc2ccc(O)cc2)C(=O)N2CCCC2C(=O)NC(CC(N)=O)C(=O)N2CCCC2C(=O)NC(CN)C(=O)NC(CCC(=O)O)C(=O)N2CC(O)CC2C(=O)NC(Cc2c[nH]c3ccccc23)C(=O)NC(CCN)C(=O)NC(Cc2c[nH]c3ccccc23)C(=O)N1C. The van der Waals surface area contributed by atoms with Crippen LogP contribution in [0.5, 0.6) is 5.75 Å². The number of nitrogens with two attached hydrogens (primary N) is 4. The van der Waals surface area contributed by atoms with Gasteiger partial charge in [-0.05, 0) is 106 Å². The van der Waals surface area contributed by atoms with E-state index in [0.29, 0.717) is 57.8 Å². The molecule has 23 N–H and O–H groups in total. The molecule has 42 nitrogen and oxygen atoms in total. The highest BCUT2D eigenvalue weighted by atomic mass is 32.2. The summed E-state index contributed by atoms with van der Waals surface area (Å²) in [4.78, 5) is 271. The van der Waals surface area contributed by atoms with Crippen molar-refractivity contribution in [1.82, 2.24) is 87.6 Å². The van der Waals surface area contributed by atoms with E-state index in [1.165, 1.54) is 45.3 Å². The molecule has 0 radical (unpaired) electrons. The number of aromatic nitrogens is 2. The van der Waals surface area contributed by atoms with Gasteiger partial charge in [-0.25, -0.2) is 0 Å². The molecule has 2 aromatic heterocycles. The number of aromatic amines is 2. The number of amides is 17. The third-order valence-corrected chi connectivity index (χ3v) is 24.2. The number of carboxylic acid groups (broad SMARTS) is 1. The van der Waals surface area contributed by atoms with Gasteiger partial charge in [-0.2, -0.15) is 0 Å². The van der Waals surface area contributed by atoms with Crippen molar-refractivity contribution in [2.45, 2.75) is 221 Å². The molecule has 128 heavy (non-hydrogen) atoms. The highest BCUT2D eigenvalue weighted by Crippen LogP contribution is 2.29. The average molecular weight is 1800 g/mol. The van der Waals surface area contributed by atoms with E-state index in [9.17, 15) is 72.9 Å². The standard InChI is InChI=1S/C85H117N21O21S/c1-6-8-20-66-85(127)102(4)63(15-7-2)77(119)93-45(3)72(114)101-62(73(115)92-41-69(89)110)43-128-44-70(111)94-58(33-46-23-25-49(107)26-24-46)83(125)104-31-13-21-64(104)78(120)99-60(37-68(88)109)84(126)105-32-14-22-65(105)79(121)100-61(38-87)76(118)96-56(27-28-71(112)113)82(124)106-42-50(108)36-67(106)80(122)97-57(34-47-39-90-53-18-11-9-16-51(47)53)75(117)95-55(29-30-86)74(116)98-59(81(123)103(66)5)35-48-40-91-54-19-12-10-17-52(48)54/h9-12,16-19,23-26,39-40,45,50,55-67,90-91,107-108H,6-8,13-15,20-22,27-38,41-44,86-87H2,1-5H3,(H2,88,109)(H2,89,110)(H,92,115)(H,93,119)(H,94,111)(H,95,117)(H,96,118)(H,97,122)(H,98,116)(H,99,120)(H,100,121)(H,101,114)(H,112,113). The Kier molecular flexibility index (Phi) is 36.1. The van der Waals surface area contributed by atoms with Crippen molar-refractivity contribution < 1.29 is 102 Å². The number of H-pyrrole nitrogens is 2. The van der Waals surface area contributed by atoms with E-state index in [-0.39, 0.29) is 89.6 Å². The topological polar surface area (TPSA) is 640 Å². The Bertz CT molecular complexity index is 4890. The van der Waals surface area contributed by atoms with Crippen LogP contribution in [0, 0.1) is 0 Å². The summed E-state index contributed by atoms with van der Waals surface area (Å²) in [6.07, 6.45) is -0.461. The molecule has 17 amide bonds. The number of aliphatic carboxylic acids is 1. The van der Waals surface area contributed by atoms with Crippen molar-refractivity contribution in [2.24, 2.45) is 22.9 Å². The molecule has 15 atom stereocenters. The van der Waals surface area contributed by atoms with Gasteiger partial charge in [-0.3, -0.25) is 86.3 Å². The number of carboxylic acids is 1. The van der Waals surface area contributed by atoms with E-state index in [1.807, 2.05) is 6.92 Å². The van der Waals surface area contributed by atoms with Crippen LogP contribution >= 0.6 is 11.8 Å². The van der Waals surface area contributed by atoms with Gasteiger partial charge in [0.25, 0.3) is 0 Å². The number of nitrogens with one attached hydrogen (secondary N) is 12. The van der Waals surface area contributed by atoms with Gasteiger partial charge in [0, 0.05) is 112 Å². The first-order valence-corrected chi connectivity index (χ1v) is 44.0. The number of para-hydroxylation sites is 2. The lowest BCUT2D eigenvalue weighted by Gasteiger charge is -2.36. The molecule has 0 spiro atoms. The van der Waals surface area contributed by atoms with Gasteiger partial charge in [-0.1, -0.05) is 81.6 Å². The van der Waals surface area contributed by atoms with Crippen LogP contribution < -0.4 is 76.1 Å². The minimum Gasteiger partial charge on any atom is -0.508 e. The minimum atomic E-state index is -1.82. The predicted molar refractivity (Wildman–Crippen MR) is 465 cm³/mol. The largest absolute Gasteiger partial charge is 0.508 e. The number of rotatable bonds is 22. The van der Waals surface area contributed by atoms with Gasteiger partial charge in [0.15, 0.2) is 0 Å². The molecule has 43 heteroatoms. The third-order valence-electron chi connectivity index (χ3n) is 23.2. The fraction of sp³-hybridized carbons (Fsp3) is 0.529. The van der Waals surface area contributed by atoms with Crippen LogP contribution in [0.2, 0.25) is 0 Å². The number of fused-ring (bicyclic) bond motifs is 5. The maximum atomic E-state index is 15.6. The van der Waals surface area contributed by atoms with E-state index in [2.05, 4.69) is 63.1 Å². The Hall–Kier alpha value is -12.8. The molecule has 0 aliphatic carbocycles. The molecule has 4 aliphatic heterocycles. The van der Waals surface area contributed by atoms with Gasteiger partial charge in [0.1, 0.15) is 90.3 Å². The van der Waals surface area contributed by atoms with Crippen LogP contribution in [0.4, 0.5) is 0 Å². The lowest BCUT2D eigenvalue weighted by Crippen LogP contribution is -2.61. The lowest BCUT2D eigenvalue weighted by atomic mass is 10.00. The second-order valence-electron chi connectivity index (χ2n) is 32.5. The minimum absolute atomic E-state index is 0.00549. The zero-order chi connectivity index (χ0) is 93.3. The number of phenols is 1. The van der Waals surface area contributed by atoms with Crippen molar-refractivity contribution in [3.63, 3.8) is 0 Å². The molecule has 4 aliphatic rings. The molecule has 9 rings (SSSR count). The van der Waals surface area contributed by atoms with Crippen LogP contribution in [0.3, 0.4) is 0 Å². The van der Waals surface area contributed by atoms with E-state index in [1.54, 1.807) is 67.8 Å². The molecule has 4 fully saturated rings. The molecule has 694 valence electrons. The summed E-state index contributed by atoms with van der Waals surface area (Å²) >= 11 is 0.788. The Morgan fingerprint density at radius 1 is 0.516 bits per heavy atom. The van der Waals surface area contributed by atoms with Crippen LogP contribution in [-0.4, -0.2) is 312 Å². The number of aliphatic hydroxyl groups excluding tert-OH is 1. The maximum Gasteiger partial charge on any atom is 0.303 e. The number of hydrogen-bond donors (Lipinski definition) is 19. The number of nitrogens with zero attached hydrogens (tertiary/aromatic N) is 5. The fourth-order valence-corrected chi connectivity index (χ4v) is 17.2. The van der Waals surface area contributed by atoms with Crippen molar-refractivity contribution in [3.05, 3.63) is 102 Å². The third kappa shape index (κ3) is 26.2. The van der Waals surface area contributed by atoms with E-state index in [0.717, 1.165) is 36.3 Å². The number of aliphatic hydroxyl groups is 1. The Morgan fingerprint density at radius 3 is 1.62 bits per heavy atom. The summed E-state index contributed by atoms with van der Waals surface area (Å²) in [7, 11) is 2.71. The second-order valence-corrected chi connectivity index (χ2v) is 33.6. The normalized spacial score (nSPS) is 25.9. The van der Waals surface area contributed by atoms with Crippen molar-refractivity contribution in [1.29, 1.82) is 0 Å². The number of likely N-dealkylation sites (N-methyl/N-ethyl adjacent to an activating group) is 2. The average Bonchev–Trinajstić information content (AvgIpc) is 1.39. The number of hydrogen-bond acceptors (Lipinski definition) is 23. The Labute approximate surface area is 741 Å². The van der Waals surface area contributed by atoms with E-state index >= 15 is 28.8 Å². The number of benzene rings is 3. The van der Waals surface area contributed by atoms with Crippen LogP contribution in [0.1, 0.15) is 127 Å². The van der Waals surface area contributed by atoms with E-state index in [4.69, 9.17) is 22.9 Å². The summed E-state index contributed by atoms with van der Waals surface area (Å²) in [5.74, 6) is -18.5. The zero-order valence-corrected chi connectivity index (χ0v) is 72.9.